The highest BCUT2D eigenvalue weighted by atomic mass is 16.5. The van der Waals surface area contributed by atoms with Crippen molar-refractivity contribution in [2.45, 2.75) is 45.3 Å². The third-order valence-corrected chi connectivity index (χ3v) is 5.61. The summed E-state index contributed by atoms with van der Waals surface area (Å²) in [7, 11) is 0. The summed E-state index contributed by atoms with van der Waals surface area (Å²) >= 11 is 0. The molecule has 7 heteroatoms. The number of carbonyl (C=O) groups excluding carboxylic acids is 3. The highest BCUT2D eigenvalue weighted by molar-refractivity contribution is 5.94. The van der Waals surface area contributed by atoms with E-state index in [0.29, 0.717) is 52.1 Å². The second kappa shape index (κ2) is 10.4. The van der Waals surface area contributed by atoms with Gasteiger partial charge in [-0.15, -0.1) is 0 Å². The maximum absolute atomic E-state index is 12.7. The molecule has 1 atom stereocenters. The molecule has 0 unspecified atom stereocenters. The second-order valence-electron chi connectivity index (χ2n) is 7.75. The van der Waals surface area contributed by atoms with Crippen LogP contribution in [0.1, 0.15) is 38.2 Å². The molecule has 0 bridgehead atoms. The molecule has 0 spiro atoms. The van der Waals surface area contributed by atoms with E-state index in [0.717, 1.165) is 18.5 Å². The molecule has 29 heavy (non-hydrogen) atoms. The van der Waals surface area contributed by atoms with Crippen LogP contribution in [0.5, 0.6) is 0 Å². The maximum Gasteiger partial charge on any atom is 0.245 e. The zero-order chi connectivity index (χ0) is 20.6. The van der Waals surface area contributed by atoms with Gasteiger partial charge in [0.05, 0.1) is 13.2 Å². The molecule has 0 saturated carbocycles. The molecule has 0 radical (unpaired) electrons. The smallest absolute Gasteiger partial charge is 0.245 e. The first-order chi connectivity index (χ1) is 14.1. The van der Waals surface area contributed by atoms with Gasteiger partial charge in [-0.05, 0) is 31.7 Å². The quantitative estimate of drug-likeness (QED) is 0.559. The fourth-order valence-electron chi connectivity index (χ4n) is 3.95. The van der Waals surface area contributed by atoms with Gasteiger partial charge in [0, 0.05) is 39.2 Å². The maximum atomic E-state index is 12.7. The summed E-state index contributed by atoms with van der Waals surface area (Å²) in [6.07, 6.45) is 2.96. The molecule has 2 aliphatic rings. The molecule has 3 amide bonds. The van der Waals surface area contributed by atoms with E-state index in [9.17, 15) is 14.4 Å². The van der Waals surface area contributed by atoms with E-state index < -0.39 is 6.04 Å². The van der Waals surface area contributed by atoms with Crippen molar-refractivity contribution in [2.24, 2.45) is 0 Å². The van der Waals surface area contributed by atoms with Crippen LogP contribution < -0.4 is 0 Å². The van der Waals surface area contributed by atoms with Crippen molar-refractivity contribution < 1.29 is 19.1 Å². The molecule has 158 valence electrons. The number of nitrogens with zero attached hydrogens (tertiary/aromatic N) is 3. The standard InChI is InChI=1S/C22H31N3O4/c1-18-22(28)24(13-6-12-23-11-5-10-20(23)26)16-21(27)25(18)14-7-15-29-17-19-8-3-2-4-9-19/h2-4,8-9,18H,5-7,10-17H2,1H3/t18-/m0/s1. The van der Waals surface area contributed by atoms with Gasteiger partial charge in [-0.1, -0.05) is 30.3 Å². The summed E-state index contributed by atoms with van der Waals surface area (Å²) in [4.78, 5) is 42.0. The Morgan fingerprint density at radius 3 is 2.45 bits per heavy atom. The second-order valence-corrected chi connectivity index (χ2v) is 7.75. The van der Waals surface area contributed by atoms with Crippen LogP contribution in [0.2, 0.25) is 0 Å². The molecule has 0 aliphatic carbocycles. The van der Waals surface area contributed by atoms with Gasteiger partial charge in [0.15, 0.2) is 0 Å². The fourth-order valence-corrected chi connectivity index (χ4v) is 3.95. The summed E-state index contributed by atoms with van der Waals surface area (Å²) in [5.41, 5.74) is 1.12. The van der Waals surface area contributed by atoms with E-state index in [1.54, 1.807) is 16.7 Å². The van der Waals surface area contributed by atoms with Crippen molar-refractivity contribution in [3.63, 3.8) is 0 Å². The van der Waals surface area contributed by atoms with E-state index >= 15 is 0 Å². The minimum Gasteiger partial charge on any atom is -0.377 e. The van der Waals surface area contributed by atoms with Gasteiger partial charge in [-0.25, -0.2) is 0 Å². The van der Waals surface area contributed by atoms with Gasteiger partial charge in [0.1, 0.15) is 6.04 Å². The molecule has 7 nitrogen and oxygen atoms in total. The topological polar surface area (TPSA) is 70.2 Å². The Hall–Kier alpha value is -2.41. The SMILES string of the molecule is C[C@H]1C(=O)N(CCCN2CCCC2=O)CC(=O)N1CCCOCc1ccccc1. The summed E-state index contributed by atoms with van der Waals surface area (Å²) in [5.74, 6) is 0.167. The lowest BCUT2D eigenvalue weighted by molar-refractivity contribution is -0.155. The zero-order valence-electron chi connectivity index (χ0n) is 17.2. The molecule has 0 aromatic heterocycles. The molecule has 1 aromatic rings. The van der Waals surface area contributed by atoms with Gasteiger partial charge >= 0.3 is 0 Å². The van der Waals surface area contributed by atoms with Gasteiger partial charge in [-0.3, -0.25) is 14.4 Å². The van der Waals surface area contributed by atoms with Crippen molar-refractivity contribution in [2.75, 3.05) is 39.3 Å². The molecule has 2 aliphatic heterocycles. The molecule has 2 saturated heterocycles. The molecule has 3 rings (SSSR count). The highest BCUT2D eigenvalue weighted by Gasteiger charge is 2.35. The minimum atomic E-state index is -0.446. The van der Waals surface area contributed by atoms with Crippen molar-refractivity contribution in [3.8, 4) is 0 Å². The first kappa shape index (κ1) is 21.3. The fraction of sp³-hybridized carbons (Fsp3) is 0.591. The average Bonchev–Trinajstić information content (AvgIpc) is 3.13. The first-order valence-electron chi connectivity index (χ1n) is 10.5. The first-order valence-corrected chi connectivity index (χ1v) is 10.5. The lowest BCUT2D eigenvalue weighted by Gasteiger charge is -2.39. The van der Waals surface area contributed by atoms with E-state index in [1.165, 1.54) is 0 Å². The Morgan fingerprint density at radius 1 is 0.966 bits per heavy atom. The Labute approximate surface area is 172 Å². The summed E-state index contributed by atoms with van der Waals surface area (Å²) in [6.45, 7) is 5.53. The van der Waals surface area contributed by atoms with Crippen molar-refractivity contribution in [3.05, 3.63) is 35.9 Å². The number of amides is 3. The van der Waals surface area contributed by atoms with Gasteiger partial charge in [0.25, 0.3) is 0 Å². The lowest BCUT2D eigenvalue weighted by atomic mass is 10.1. The number of likely N-dealkylation sites (tertiary alicyclic amines) is 1. The predicted molar refractivity (Wildman–Crippen MR) is 109 cm³/mol. The molecular formula is C22H31N3O4. The molecule has 2 heterocycles. The number of hydrogen-bond donors (Lipinski definition) is 0. The Bertz CT molecular complexity index is 709. The average molecular weight is 402 g/mol. The van der Waals surface area contributed by atoms with E-state index in [-0.39, 0.29) is 24.3 Å². The monoisotopic (exact) mass is 401 g/mol. The normalized spacial score (nSPS) is 20.1. The number of piperazine rings is 1. The van der Waals surface area contributed by atoms with E-state index in [1.807, 2.05) is 35.2 Å². The predicted octanol–water partition coefficient (Wildman–Crippen LogP) is 1.67. The number of hydrogen-bond acceptors (Lipinski definition) is 4. The van der Waals surface area contributed by atoms with Crippen molar-refractivity contribution in [1.29, 1.82) is 0 Å². The third-order valence-electron chi connectivity index (χ3n) is 5.61. The molecule has 2 fully saturated rings. The molecule has 1 aromatic carbocycles. The van der Waals surface area contributed by atoms with E-state index in [2.05, 4.69) is 0 Å². The summed E-state index contributed by atoms with van der Waals surface area (Å²) in [6, 6.07) is 9.52. The summed E-state index contributed by atoms with van der Waals surface area (Å²) in [5, 5.41) is 0. The van der Waals surface area contributed by atoms with Crippen LogP contribution in [0, 0.1) is 0 Å². The van der Waals surface area contributed by atoms with Crippen LogP contribution in [-0.2, 0) is 25.7 Å². The lowest BCUT2D eigenvalue weighted by Crippen LogP contribution is -2.59. The molecule has 0 N–H and O–H groups in total. The number of rotatable bonds is 10. The van der Waals surface area contributed by atoms with Crippen LogP contribution >= 0.6 is 0 Å². The van der Waals surface area contributed by atoms with Crippen LogP contribution in [0.25, 0.3) is 0 Å². The van der Waals surface area contributed by atoms with E-state index in [4.69, 9.17) is 4.74 Å². The minimum absolute atomic E-state index is 0.0115. The van der Waals surface area contributed by atoms with Gasteiger partial charge in [-0.2, -0.15) is 0 Å². The van der Waals surface area contributed by atoms with Crippen LogP contribution in [0.15, 0.2) is 30.3 Å². The van der Waals surface area contributed by atoms with Crippen LogP contribution in [0.3, 0.4) is 0 Å². The zero-order valence-corrected chi connectivity index (χ0v) is 17.2. The Kier molecular flexibility index (Phi) is 7.63. The van der Waals surface area contributed by atoms with Crippen LogP contribution in [0.4, 0.5) is 0 Å². The van der Waals surface area contributed by atoms with Crippen molar-refractivity contribution in [1.82, 2.24) is 14.7 Å². The van der Waals surface area contributed by atoms with Gasteiger partial charge in [0.2, 0.25) is 17.7 Å². The summed E-state index contributed by atoms with van der Waals surface area (Å²) < 4.78 is 5.67. The number of carbonyl (C=O) groups is 3. The third kappa shape index (κ3) is 5.79. The highest BCUT2D eigenvalue weighted by Crippen LogP contribution is 2.15. The Morgan fingerprint density at radius 2 is 1.72 bits per heavy atom. The molecular weight excluding hydrogens is 370 g/mol. The Balaban J connectivity index is 1.36. The van der Waals surface area contributed by atoms with Gasteiger partial charge < -0.3 is 19.4 Å². The van der Waals surface area contributed by atoms with Crippen LogP contribution in [-0.4, -0.2) is 77.8 Å². The largest absolute Gasteiger partial charge is 0.377 e. The van der Waals surface area contributed by atoms with Crippen molar-refractivity contribution >= 4 is 17.7 Å². The number of ether oxygens (including phenoxy) is 1. The number of benzene rings is 1.